The van der Waals surface area contributed by atoms with Crippen LogP contribution in [0.5, 0.6) is 0 Å². The Balaban J connectivity index is 0.000000980. The maximum Gasteiger partial charge on any atom is 0.138 e. The molecule has 0 saturated carbocycles. The zero-order valence-corrected chi connectivity index (χ0v) is 9.08. The normalized spacial score (nSPS) is 10.5. The van der Waals surface area contributed by atoms with Gasteiger partial charge in [0.15, 0.2) is 0 Å². The summed E-state index contributed by atoms with van der Waals surface area (Å²) in [7, 11) is 0. The van der Waals surface area contributed by atoms with Gasteiger partial charge in [-0.05, 0) is 18.1 Å². The van der Waals surface area contributed by atoms with Crippen LogP contribution in [-0.4, -0.2) is 9.38 Å². The highest BCUT2D eigenvalue weighted by Crippen LogP contribution is 2.21. The van der Waals surface area contributed by atoms with E-state index in [0.717, 1.165) is 17.2 Å². The standard InChI is InChI=1S/C10H13N3.ClH/c1-7(2)9-10(11)13-6-4-3-5-8(13)12-9;/h3-7H,11H2,1-2H3;1H. The molecule has 2 aromatic heterocycles. The third-order valence-corrected chi connectivity index (χ3v) is 2.14. The first-order valence-electron chi connectivity index (χ1n) is 4.42. The lowest BCUT2D eigenvalue weighted by Gasteiger charge is -2.00. The van der Waals surface area contributed by atoms with Crippen molar-refractivity contribution in [2.45, 2.75) is 19.8 Å². The van der Waals surface area contributed by atoms with Gasteiger partial charge in [0.1, 0.15) is 11.5 Å². The lowest BCUT2D eigenvalue weighted by atomic mass is 10.1. The van der Waals surface area contributed by atoms with E-state index in [4.69, 9.17) is 5.73 Å². The number of hydrogen-bond acceptors (Lipinski definition) is 2. The summed E-state index contributed by atoms with van der Waals surface area (Å²) in [5.74, 6) is 1.13. The number of pyridine rings is 1. The van der Waals surface area contributed by atoms with Gasteiger partial charge in [0.2, 0.25) is 0 Å². The van der Waals surface area contributed by atoms with Gasteiger partial charge in [-0.25, -0.2) is 4.98 Å². The molecule has 0 aliphatic carbocycles. The molecule has 2 N–H and O–H groups in total. The molecule has 0 atom stereocenters. The number of rotatable bonds is 1. The molecule has 0 amide bonds. The topological polar surface area (TPSA) is 43.3 Å². The molecule has 0 bridgehead atoms. The maximum atomic E-state index is 5.94. The first-order valence-corrected chi connectivity index (χ1v) is 4.42. The largest absolute Gasteiger partial charge is 0.383 e. The van der Waals surface area contributed by atoms with Gasteiger partial charge < -0.3 is 5.73 Å². The van der Waals surface area contributed by atoms with Crippen molar-refractivity contribution in [3.63, 3.8) is 0 Å². The second kappa shape index (κ2) is 3.88. The summed E-state index contributed by atoms with van der Waals surface area (Å²) in [6.07, 6.45) is 1.93. The van der Waals surface area contributed by atoms with E-state index in [1.807, 2.05) is 28.8 Å². The van der Waals surface area contributed by atoms with Gasteiger partial charge in [-0.3, -0.25) is 4.40 Å². The van der Waals surface area contributed by atoms with E-state index in [1.165, 1.54) is 0 Å². The average Bonchev–Trinajstić information content (AvgIpc) is 2.45. The highest BCUT2D eigenvalue weighted by molar-refractivity contribution is 5.85. The van der Waals surface area contributed by atoms with Gasteiger partial charge in [0.25, 0.3) is 0 Å². The number of fused-ring (bicyclic) bond motifs is 1. The summed E-state index contributed by atoms with van der Waals surface area (Å²) < 4.78 is 1.91. The van der Waals surface area contributed by atoms with Crippen molar-refractivity contribution < 1.29 is 0 Å². The van der Waals surface area contributed by atoms with Gasteiger partial charge in [-0.2, -0.15) is 0 Å². The molecule has 0 aromatic carbocycles. The fraction of sp³-hybridized carbons (Fsp3) is 0.300. The monoisotopic (exact) mass is 211 g/mol. The molecular formula is C10H14ClN3. The van der Waals surface area contributed by atoms with Crippen LogP contribution in [0.3, 0.4) is 0 Å². The Morgan fingerprint density at radius 2 is 2.07 bits per heavy atom. The van der Waals surface area contributed by atoms with Gasteiger partial charge in [0.05, 0.1) is 5.69 Å². The summed E-state index contributed by atoms with van der Waals surface area (Å²) in [6.45, 7) is 4.19. The smallest absolute Gasteiger partial charge is 0.138 e. The van der Waals surface area contributed by atoms with Crippen LogP contribution in [-0.2, 0) is 0 Å². The second-order valence-electron chi connectivity index (χ2n) is 3.47. The quantitative estimate of drug-likeness (QED) is 0.788. The van der Waals surface area contributed by atoms with Crippen LogP contribution < -0.4 is 5.73 Å². The van der Waals surface area contributed by atoms with Crippen LogP contribution >= 0.6 is 12.4 Å². The van der Waals surface area contributed by atoms with Gasteiger partial charge in [0, 0.05) is 6.20 Å². The Bertz CT molecular complexity index is 434. The molecule has 0 aliphatic heterocycles. The van der Waals surface area contributed by atoms with Crippen molar-refractivity contribution in [3.8, 4) is 0 Å². The third kappa shape index (κ3) is 1.55. The molecule has 2 aromatic rings. The predicted molar refractivity (Wildman–Crippen MR) is 60.9 cm³/mol. The fourth-order valence-electron chi connectivity index (χ4n) is 1.46. The highest BCUT2D eigenvalue weighted by atomic mass is 35.5. The van der Waals surface area contributed by atoms with Crippen LogP contribution in [0.15, 0.2) is 24.4 Å². The summed E-state index contributed by atoms with van der Waals surface area (Å²) in [6, 6.07) is 5.88. The highest BCUT2D eigenvalue weighted by Gasteiger charge is 2.10. The number of nitrogens with two attached hydrogens (primary N) is 1. The van der Waals surface area contributed by atoms with E-state index in [9.17, 15) is 0 Å². The molecule has 0 unspecified atom stereocenters. The molecule has 3 nitrogen and oxygen atoms in total. The first-order chi connectivity index (χ1) is 6.20. The minimum Gasteiger partial charge on any atom is -0.383 e. The molecule has 0 saturated heterocycles. The van der Waals surface area contributed by atoms with Crippen molar-refractivity contribution >= 4 is 23.9 Å². The van der Waals surface area contributed by atoms with Crippen LogP contribution in [0.25, 0.3) is 5.65 Å². The molecule has 4 heteroatoms. The number of halogens is 1. The Kier molecular flexibility index (Phi) is 3.01. The number of aromatic nitrogens is 2. The fourth-order valence-corrected chi connectivity index (χ4v) is 1.46. The average molecular weight is 212 g/mol. The van der Waals surface area contributed by atoms with Crippen molar-refractivity contribution in [3.05, 3.63) is 30.1 Å². The number of nitrogens with zero attached hydrogens (tertiary/aromatic N) is 2. The number of imidazole rings is 1. The minimum absolute atomic E-state index is 0. The molecule has 76 valence electrons. The third-order valence-electron chi connectivity index (χ3n) is 2.14. The summed E-state index contributed by atoms with van der Waals surface area (Å²) >= 11 is 0. The lowest BCUT2D eigenvalue weighted by molar-refractivity contribution is 0.838. The molecule has 2 heterocycles. The van der Waals surface area contributed by atoms with Crippen LogP contribution in [0.2, 0.25) is 0 Å². The van der Waals surface area contributed by atoms with Crippen molar-refractivity contribution in [1.82, 2.24) is 9.38 Å². The van der Waals surface area contributed by atoms with E-state index < -0.39 is 0 Å². The van der Waals surface area contributed by atoms with Crippen LogP contribution in [0, 0.1) is 0 Å². The van der Waals surface area contributed by atoms with Gasteiger partial charge in [-0.15, -0.1) is 12.4 Å². The minimum atomic E-state index is 0. The molecule has 0 spiro atoms. The molecule has 14 heavy (non-hydrogen) atoms. The Labute approximate surface area is 89.4 Å². The Hall–Kier alpha value is -1.22. The molecule has 2 rings (SSSR count). The van der Waals surface area contributed by atoms with Gasteiger partial charge in [-0.1, -0.05) is 19.9 Å². The van der Waals surface area contributed by atoms with E-state index in [-0.39, 0.29) is 12.4 Å². The van der Waals surface area contributed by atoms with E-state index in [0.29, 0.717) is 5.92 Å². The van der Waals surface area contributed by atoms with Crippen molar-refractivity contribution in [2.75, 3.05) is 5.73 Å². The molecule has 0 radical (unpaired) electrons. The molecular weight excluding hydrogens is 198 g/mol. The Morgan fingerprint density at radius 1 is 1.36 bits per heavy atom. The Morgan fingerprint density at radius 3 is 2.64 bits per heavy atom. The van der Waals surface area contributed by atoms with Gasteiger partial charge >= 0.3 is 0 Å². The van der Waals surface area contributed by atoms with Crippen molar-refractivity contribution in [1.29, 1.82) is 0 Å². The SMILES string of the molecule is CC(C)c1nc2ccccn2c1N.Cl. The van der Waals surface area contributed by atoms with E-state index in [1.54, 1.807) is 0 Å². The molecule has 0 fully saturated rings. The summed E-state index contributed by atoms with van der Waals surface area (Å²) in [4.78, 5) is 4.45. The summed E-state index contributed by atoms with van der Waals surface area (Å²) in [5.41, 5.74) is 7.84. The number of hydrogen-bond donors (Lipinski definition) is 1. The van der Waals surface area contributed by atoms with Crippen molar-refractivity contribution in [2.24, 2.45) is 0 Å². The second-order valence-corrected chi connectivity index (χ2v) is 3.47. The predicted octanol–water partition coefficient (Wildman–Crippen LogP) is 2.46. The lowest BCUT2D eigenvalue weighted by Crippen LogP contribution is -1.97. The molecule has 0 aliphatic rings. The number of anilines is 1. The zero-order chi connectivity index (χ0) is 9.42. The van der Waals surface area contributed by atoms with Crippen LogP contribution in [0.1, 0.15) is 25.5 Å². The first kappa shape index (κ1) is 10.9. The van der Waals surface area contributed by atoms with E-state index >= 15 is 0 Å². The number of nitrogen functional groups attached to an aromatic ring is 1. The van der Waals surface area contributed by atoms with Crippen LogP contribution in [0.4, 0.5) is 5.82 Å². The zero-order valence-electron chi connectivity index (χ0n) is 8.27. The maximum absolute atomic E-state index is 5.94. The van der Waals surface area contributed by atoms with E-state index in [2.05, 4.69) is 18.8 Å². The summed E-state index contributed by atoms with van der Waals surface area (Å²) in [5, 5.41) is 0.